The number of benzene rings is 9. The summed E-state index contributed by atoms with van der Waals surface area (Å²) in [5, 5.41) is 4.88. The average Bonchev–Trinajstić information content (AvgIpc) is 3.95. The zero-order chi connectivity index (χ0) is 44.6. The molecule has 322 valence electrons. The third-order valence-electron chi connectivity index (χ3n) is 14.4. The minimum Gasteiger partial charge on any atom is -0.456 e. The van der Waals surface area contributed by atoms with Crippen LogP contribution in [0.25, 0.3) is 75.5 Å². The Balaban J connectivity index is 1.19. The zero-order valence-corrected chi connectivity index (χ0v) is 38.7. The Morgan fingerprint density at radius 1 is 0.478 bits per heavy atom. The summed E-state index contributed by atoms with van der Waals surface area (Å²) < 4.78 is 9.62. The van der Waals surface area contributed by atoms with Crippen LogP contribution in [-0.4, -0.2) is 6.85 Å². The second-order valence-electron chi connectivity index (χ2n) is 18.5. The molecule has 4 heterocycles. The SMILES string of the molecule is CCCCc1ccc(N2B3c4cc5c(cc4N(c4ccc(CCCC)cc4-c4ccccc4)c4c3c(cc3oc6ccccc6c43)-c3cc(-c4ccccc4)ccc32)sc2ccccc25)cc1. The van der Waals surface area contributed by atoms with Crippen molar-refractivity contribution in [2.75, 3.05) is 9.71 Å². The van der Waals surface area contributed by atoms with E-state index >= 15 is 0 Å². The molecule has 2 aliphatic rings. The van der Waals surface area contributed by atoms with Gasteiger partial charge in [-0.3, -0.25) is 0 Å². The Morgan fingerprint density at radius 2 is 1.16 bits per heavy atom. The van der Waals surface area contributed by atoms with E-state index in [0.717, 1.165) is 47.6 Å². The Labute approximate surface area is 396 Å². The monoisotopic (exact) mass is 880 g/mol. The van der Waals surface area contributed by atoms with E-state index in [1.165, 1.54) is 117 Å². The summed E-state index contributed by atoms with van der Waals surface area (Å²) in [5.74, 6) is 0. The number of aryl methyl sites for hydroxylation is 2. The van der Waals surface area contributed by atoms with Gasteiger partial charge in [0.25, 0.3) is 0 Å². The summed E-state index contributed by atoms with van der Waals surface area (Å²) in [6, 6.07) is 70.8. The van der Waals surface area contributed by atoms with Crippen LogP contribution in [0.1, 0.15) is 50.7 Å². The maximum absolute atomic E-state index is 7.03. The number of para-hydroxylation sites is 1. The predicted molar refractivity (Wildman–Crippen MR) is 288 cm³/mol. The number of anilines is 5. The molecule has 0 atom stereocenters. The van der Waals surface area contributed by atoms with Gasteiger partial charge >= 0.3 is 6.85 Å². The first-order valence-electron chi connectivity index (χ1n) is 24.1. The number of unbranched alkanes of at least 4 members (excludes halogenated alkanes) is 2. The highest BCUT2D eigenvalue weighted by molar-refractivity contribution is 7.26. The van der Waals surface area contributed by atoms with E-state index in [1.807, 2.05) is 11.3 Å². The highest BCUT2D eigenvalue weighted by Crippen LogP contribution is 2.53. The van der Waals surface area contributed by atoms with Crippen molar-refractivity contribution in [1.82, 2.24) is 0 Å². The fourth-order valence-electron chi connectivity index (χ4n) is 11.2. The Hall–Kier alpha value is -7.34. The molecule has 9 aromatic carbocycles. The molecule has 67 heavy (non-hydrogen) atoms. The zero-order valence-electron chi connectivity index (χ0n) is 37.9. The molecule has 13 rings (SSSR count). The second kappa shape index (κ2) is 16.2. The minimum absolute atomic E-state index is 0.155. The lowest BCUT2D eigenvalue weighted by atomic mass is 9.43. The molecule has 0 saturated carbocycles. The number of rotatable bonds is 10. The van der Waals surface area contributed by atoms with Crippen LogP contribution in [-0.2, 0) is 12.8 Å². The Kier molecular flexibility index (Phi) is 9.68. The van der Waals surface area contributed by atoms with Crippen molar-refractivity contribution in [3.63, 3.8) is 0 Å². The first-order valence-corrected chi connectivity index (χ1v) is 25.0. The predicted octanol–water partition coefficient (Wildman–Crippen LogP) is 16.7. The first-order chi connectivity index (χ1) is 33.1. The molecule has 0 N–H and O–H groups in total. The summed E-state index contributed by atoms with van der Waals surface area (Å²) in [7, 11) is 0. The van der Waals surface area contributed by atoms with Crippen molar-refractivity contribution in [1.29, 1.82) is 0 Å². The lowest BCUT2D eigenvalue weighted by Gasteiger charge is -2.46. The van der Waals surface area contributed by atoms with E-state index in [2.05, 4.69) is 212 Å². The molecule has 3 nitrogen and oxygen atoms in total. The van der Waals surface area contributed by atoms with Crippen LogP contribution >= 0.6 is 11.3 Å². The van der Waals surface area contributed by atoms with E-state index in [1.54, 1.807) is 0 Å². The summed E-state index contributed by atoms with van der Waals surface area (Å²) in [4.78, 5) is 5.30. The Bertz CT molecular complexity index is 3690. The molecule has 0 radical (unpaired) electrons. The lowest BCUT2D eigenvalue weighted by Crippen LogP contribution is -2.61. The largest absolute Gasteiger partial charge is 0.456 e. The van der Waals surface area contributed by atoms with Crippen LogP contribution in [0.5, 0.6) is 0 Å². The number of fused-ring (bicyclic) bond motifs is 11. The van der Waals surface area contributed by atoms with Crippen LogP contribution in [0.2, 0.25) is 0 Å². The lowest BCUT2D eigenvalue weighted by molar-refractivity contribution is 0.669. The molecule has 0 aliphatic carbocycles. The van der Waals surface area contributed by atoms with E-state index in [0.29, 0.717) is 0 Å². The van der Waals surface area contributed by atoms with Gasteiger partial charge in [0.15, 0.2) is 0 Å². The highest BCUT2D eigenvalue weighted by atomic mass is 32.1. The van der Waals surface area contributed by atoms with Crippen LogP contribution in [0.4, 0.5) is 28.4 Å². The van der Waals surface area contributed by atoms with Crippen LogP contribution < -0.4 is 20.6 Å². The summed E-state index contributed by atoms with van der Waals surface area (Å²) in [5.41, 5.74) is 20.3. The average molecular weight is 881 g/mol. The Morgan fingerprint density at radius 3 is 1.96 bits per heavy atom. The first kappa shape index (κ1) is 40.0. The molecule has 0 unspecified atom stereocenters. The van der Waals surface area contributed by atoms with E-state index in [4.69, 9.17) is 4.42 Å². The minimum atomic E-state index is -0.155. The molecule has 0 fully saturated rings. The topological polar surface area (TPSA) is 19.6 Å². The second-order valence-corrected chi connectivity index (χ2v) is 19.5. The molecular weight excluding hydrogens is 832 g/mol. The number of hydrogen-bond acceptors (Lipinski definition) is 4. The van der Waals surface area contributed by atoms with Gasteiger partial charge in [0.05, 0.1) is 16.8 Å². The van der Waals surface area contributed by atoms with E-state index < -0.39 is 0 Å². The van der Waals surface area contributed by atoms with Gasteiger partial charge in [-0.15, -0.1) is 11.3 Å². The van der Waals surface area contributed by atoms with Crippen molar-refractivity contribution in [2.45, 2.75) is 52.4 Å². The van der Waals surface area contributed by atoms with Crippen LogP contribution in [0.3, 0.4) is 0 Å². The number of thiophene rings is 1. The molecule has 2 aromatic heterocycles. The van der Waals surface area contributed by atoms with Crippen molar-refractivity contribution in [2.24, 2.45) is 0 Å². The molecular formula is C62H49BN2OS. The summed E-state index contributed by atoms with van der Waals surface area (Å²) in [6.45, 7) is 4.41. The van der Waals surface area contributed by atoms with E-state index in [9.17, 15) is 0 Å². The molecule has 0 amide bonds. The highest BCUT2D eigenvalue weighted by Gasteiger charge is 2.47. The molecule has 2 aliphatic heterocycles. The molecule has 0 spiro atoms. The summed E-state index contributed by atoms with van der Waals surface area (Å²) in [6.07, 6.45) is 6.79. The van der Waals surface area contributed by atoms with Gasteiger partial charge in [-0.05, 0) is 131 Å². The summed E-state index contributed by atoms with van der Waals surface area (Å²) >= 11 is 1.89. The molecule has 0 saturated heterocycles. The van der Waals surface area contributed by atoms with Gasteiger partial charge in [0, 0.05) is 53.7 Å². The number of hydrogen-bond donors (Lipinski definition) is 0. The van der Waals surface area contributed by atoms with Crippen molar-refractivity contribution in [3.05, 3.63) is 199 Å². The smallest absolute Gasteiger partial charge is 0.333 e. The number of nitrogens with zero attached hydrogens (tertiary/aromatic N) is 2. The standard InChI is InChI=1S/C62H49BN2OS/c1-3-5-17-40-27-31-45(32-28-40)65-54-34-30-44(42-19-9-7-10-20-42)36-49(54)51-38-57-60(47-24-13-15-25-56(47)66-57)62-61(51)63(65)52-37-50-46-23-14-16-26-58(46)67-59(50)39-55(52)64(62)53-33-29-41(18-6-4-2)35-48(53)43-21-11-8-12-22-43/h7-16,19-39H,3-6,17-18H2,1-2H3. The number of furan rings is 1. The fourth-order valence-corrected chi connectivity index (χ4v) is 12.3. The van der Waals surface area contributed by atoms with Crippen LogP contribution in [0, 0.1) is 0 Å². The maximum Gasteiger partial charge on any atom is 0.333 e. The normalized spacial score (nSPS) is 12.9. The third kappa shape index (κ3) is 6.47. The molecule has 0 bridgehead atoms. The third-order valence-corrected chi connectivity index (χ3v) is 15.5. The van der Waals surface area contributed by atoms with Crippen LogP contribution in [0.15, 0.2) is 192 Å². The quantitative estimate of drug-likeness (QED) is 0.128. The van der Waals surface area contributed by atoms with Gasteiger partial charge < -0.3 is 14.1 Å². The van der Waals surface area contributed by atoms with Crippen molar-refractivity contribution >= 4 is 99.7 Å². The van der Waals surface area contributed by atoms with Gasteiger partial charge in [0.1, 0.15) is 11.2 Å². The maximum atomic E-state index is 7.03. The molecule has 11 aromatic rings. The fraction of sp³-hybridized carbons (Fsp3) is 0.129. The van der Waals surface area contributed by atoms with Gasteiger partial charge in [-0.2, -0.15) is 0 Å². The van der Waals surface area contributed by atoms with Crippen molar-refractivity contribution < 1.29 is 4.42 Å². The molecule has 5 heteroatoms. The van der Waals surface area contributed by atoms with Crippen molar-refractivity contribution in [3.8, 4) is 33.4 Å². The van der Waals surface area contributed by atoms with Gasteiger partial charge in [-0.25, -0.2) is 0 Å². The van der Waals surface area contributed by atoms with Gasteiger partial charge in [-0.1, -0.05) is 154 Å². The van der Waals surface area contributed by atoms with E-state index in [-0.39, 0.29) is 6.85 Å². The van der Waals surface area contributed by atoms with Gasteiger partial charge in [0.2, 0.25) is 0 Å².